The van der Waals surface area contributed by atoms with Gasteiger partial charge in [0.2, 0.25) is 5.91 Å². The zero-order valence-electron chi connectivity index (χ0n) is 17.4. The van der Waals surface area contributed by atoms with Gasteiger partial charge in [-0.05, 0) is 43.9 Å². The Kier molecular flexibility index (Phi) is 6.66. The fourth-order valence-corrected chi connectivity index (χ4v) is 4.22. The van der Waals surface area contributed by atoms with Crippen molar-refractivity contribution < 1.29 is 9.59 Å². The molecule has 2 aromatic carbocycles. The number of benzene rings is 2. The topological polar surface area (TPSA) is 88.9 Å². The fraction of sp³-hybridized carbons (Fsp3) is 0.304. The van der Waals surface area contributed by atoms with Gasteiger partial charge in [0.05, 0.1) is 17.0 Å². The maximum Gasteiger partial charge on any atom is 0.253 e. The van der Waals surface area contributed by atoms with Gasteiger partial charge in [-0.2, -0.15) is 0 Å². The van der Waals surface area contributed by atoms with Gasteiger partial charge in [0.25, 0.3) is 5.91 Å². The van der Waals surface area contributed by atoms with E-state index in [-0.39, 0.29) is 17.6 Å². The molecule has 7 nitrogen and oxygen atoms in total. The molecule has 1 aliphatic carbocycles. The summed E-state index contributed by atoms with van der Waals surface area (Å²) in [6.45, 7) is 2.46. The van der Waals surface area contributed by atoms with E-state index in [1.165, 1.54) is 11.8 Å². The molecule has 0 radical (unpaired) electrons. The first-order valence-corrected chi connectivity index (χ1v) is 11.4. The van der Waals surface area contributed by atoms with E-state index in [2.05, 4.69) is 25.4 Å². The van der Waals surface area contributed by atoms with Gasteiger partial charge in [-0.15, -0.1) is 10.2 Å². The normalized spacial score (nSPS) is 13.1. The largest absolute Gasteiger partial charge is 0.352 e. The van der Waals surface area contributed by atoms with E-state index in [0.717, 1.165) is 35.8 Å². The van der Waals surface area contributed by atoms with E-state index in [1.807, 2.05) is 37.3 Å². The third kappa shape index (κ3) is 5.52. The second-order valence-electron chi connectivity index (χ2n) is 7.50. The van der Waals surface area contributed by atoms with Crippen LogP contribution >= 0.6 is 11.8 Å². The molecule has 160 valence electrons. The molecule has 4 rings (SSSR count). The summed E-state index contributed by atoms with van der Waals surface area (Å²) < 4.78 is 2.10. The highest BCUT2D eigenvalue weighted by Gasteiger charge is 2.28. The number of hydrogen-bond acceptors (Lipinski definition) is 5. The van der Waals surface area contributed by atoms with E-state index >= 15 is 0 Å². The minimum Gasteiger partial charge on any atom is -0.352 e. The molecule has 0 bridgehead atoms. The molecule has 1 heterocycles. The van der Waals surface area contributed by atoms with Crippen LogP contribution < -0.4 is 10.6 Å². The lowest BCUT2D eigenvalue weighted by Crippen LogP contribution is -2.27. The number of aryl methyl sites for hydroxylation is 1. The Morgan fingerprint density at radius 3 is 2.58 bits per heavy atom. The number of anilines is 1. The predicted molar refractivity (Wildman–Crippen MR) is 121 cm³/mol. The molecule has 1 aliphatic rings. The van der Waals surface area contributed by atoms with Gasteiger partial charge in [-0.3, -0.25) is 9.59 Å². The summed E-state index contributed by atoms with van der Waals surface area (Å²) in [6, 6.07) is 17.5. The number of thioether (sulfide) groups is 1. The molecule has 3 aromatic rings. The quantitative estimate of drug-likeness (QED) is 0.501. The average molecular weight is 436 g/mol. The highest BCUT2D eigenvalue weighted by Crippen LogP contribution is 2.38. The van der Waals surface area contributed by atoms with Crippen molar-refractivity contribution in [3.05, 3.63) is 71.5 Å². The number of hydrogen-bond donors (Lipinski definition) is 2. The maximum absolute atomic E-state index is 12.7. The summed E-state index contributed by atoms with van der Waals surface area (Å²) in [5.74, 6) is 0.693. The van der Waals surface area contributed by atoms with Crippen molar-refractivity contribution in [1.29, 1.82) is 0 Å². The lowest BCUT2D eigenvalue weighted by Gasteiger charge is -2.12. The maximum atomic E-state index is 12.7. The zero-order chi connectivity index (χ0) is 21.6. The highest BCUT2D eigenvalue weighted by molar-refractivity contribution is 7.99. The van der Waals surface area contributed by atoms with Crippen molar-refractivity contribution in [2.24, 2.45) is 0 Å². The number of para-hydroxylation sites is 1. The molecule has 2 amide bonds. The van der Waals surface area contributed by atoms with Gasteiger partial charge >= 0.3 is 0 Å². The fourth-order valence-electron chi connectivity index (χ4n) is 3.37. The number of rotatable bonds is 9. The molecule has 1 aromatic heterocycles. The average Bonchev–Trinajstić information content (AvgIpc) is 3.55. The summed E-state index contributed by atoms with van der Waals surface area (Å²) in [5.41, 5.74) is 2.12. The van der Waals surface area contributed by atoms with Crippen LogP contribution in [-0.2, 0) is 11.2 Å². The summed E-state index contributed by atoms with van der Waals surface area (Å²) in [6.07, 6.45) is 3.01. The Morgan fingerprint density at radius 1 is 1.06 bits per heavy atom. The zero-order valence-corrected chi connectivity index (χ0v) is 18.2. The third-order valence-electron chi connectivity index (χ3n) is 5.07. The van der Waals surface area contributed by atoms with Gasteiger partial charge in [0.1, 0.15) is 5.82 Å². The van der Waals surface area contributed by atoms with Gasteiger partial charge in [-0.1, -0.05) is 54.2 Å². The number of amides is 2. The van der Waals surface area contributed by atoms with Crippen molar-refractivity contribution in [3.8, 4) is 0 Å². The Balaban J connectivity index is 1.32. The standard InChI is InChI=1S/C23H25N5O2S/c1-16-26-27-23(28(16)18-11-12-18)31-15-21(29)25-20-10-6-5-9-19(20)22(30)24-14-13-17-7-3-2-4-8-17/h2-10,18H,11-15H2,1H3,(H,24,30)(H,25,29). The van der Waals surface area contributed by atoms with Crippen LogP contribution in [0.2, 0.25) is 0 Å². The molecule has 0 spiro atoms. The highest BCUT2D eigenvalue weighted by atomic mass is 32.2. The first kappa shape index (κ1) is 21.1. The molecule has 31 heavy (non-hydrogen) atoms. The molecular formula is C23H25N5O2S. The predicted octanol–water partition coefficient (Wildman–Crippen LogP) is 3.62. The van der Waals surface area contributed by atoms with Crippen molar-refractivity contribution in [2.45, 2.75) is 37.4 Å². The molecule has 1 fully saturated rings. The van der Waals surface area contributed by atoms with Crippen molar-refractivity contribution >= 4 is 29.3 Å². The molecule has 8 heteroatoms. The van der Waals surface area contributed by atoms with Crippen molar-refractivity contribution in [2.75, 3.05) is 17.6 Å². The van der Waals surface area contributed by atoms with Crippen LogP contribution in [0.1, 0.15) is 40.6 Å². The second-order valence-corrected chi connectivity index (χ2v) is 8.45. The summed E-state index contributed by atoms with van der Waals surface area (Å²) >= 11 is 1.37. The Hall–Kier alpha value is -3.13. The summed E-state index contributed by atoms with van der Waals surface area (Å²) in [7, 11) is 0. The number of carbonyl (C=O) groups excluding carboxylic acids is 2. The first-order valence-electron chi connectivity index (χ1n) is 10.4. The van der Waals surface area contributed by atoms with E-state index in [9.17, 15) is 9.59 Å². The van der Waals surface area contributed by atoms with Crippen molar-refractivity contribution in [1.82, 2.24) is 20.1 Å². The summed E-state index contributed by atoms with van der Waals surface area (Å²) in [4.78, 5) is 25.2. The first-order chi connectivity index (χ1) is 15.1. The van der Waals surface area contributed by atoms with Crippen molar-refractivity contribution in [3.63, 3.8) is 0 Å². The number of carbonyl (C=O) groups is 2. The number of nitrogens with zero attached hydrogens (tertiary/aromatic N) is 3. The Labute approximate surface area is 185 Å². The molecular weight excluding hydrogens is 410 g/mol. The smallest absolute Gasteiger partial charge is 0.253 e. The molecule has 0 atom stereocenters. The molecule has 0 unspecified atom stereocenters. The van der Waals surface area contributed by atoms with Crippen LogP contribution in [0, 0.1) is 6.92 Å². The van der Waals surface area contributed by atoms with E-state index in [4.69, 9.17) is 0 Å². The van der Waals surface area contributed by atoms with E-state index < -0.39 is 0 Å². The lowest BCUT2D eigenvalue weighted by atomic mass is 10.1. The third-order valence-corrected chi connectivity index (χ3v) is 6.01. The molecule has 0 aliphatic heterocycles. The number of aromatic nitrogens is 3. The van der Waals surface area contributed by atoms with Gasteiger partial charge in [0.15, 0.2) is 5.16 Å². The van der Waals surface area contributed by atoms with Gasteiger partial charge < -0.3 is 15.2 Å². The van der Waals surface area contributed by atoms with Crippen LogP contribution in [0.15, 0.2) is 59.8 Å². The molecule has 0 saturated heterocycles. The van der Waals surface area contributed by atoms with Gasteiger partial charge in [0, 0.05) is 12.6 Å². The van der Waals surface area contributed by atoms with Crippen LogP contribution in [0.5, 0.6) is 0 Å². The summed E-state index contributed by atoms with van der Waals surface area (Å²) in [5, 5.41) is 14.9. The minimum atomic E-state index is -0.205. The van der Waals surface area contributed by atoms with Crippen LogP contribution in [0.25, 0.3) is 0 Å². The second kappa shape index (κ2) is 9.78. The minimum absolute atomic E-state index is 0.183. The van der Waals surface area contributed by atoms with Gasteiger partial charge in [-0.25, -0.2) is 0 Å². The van der Waals surface area contributed by atoms with Crippen LogP contribution in [0.3, 0.4) is 0 Å². The monoisotopic (exact) mass is 435 g/mol. The molecule has 2 N–H and O–H groups in total. The van der Waals surface area contributed by atoms with Crippen LogP contribution in [-0.4, -0.2) is 38.9 Å². The SMILES string of the molecule is Cc1nnc(SCC(=O)Nc2ccccc2C(=O)NCCc2ccccc2)n1C1CC1. The van der Waals surface area contributed by atoms with E-state index in [0.29, 0.717) is 23.8 Å². The Bertz CT molecular complexity index is 1060. The van der Waals surface area contributed by atoms with Crippen LogP contribution in [0.4, 0.5) is 5.69 Å². The molecule has 1 saturated carbocycles. The van der Waals surface area contributed by atoms with E-state index in [1.54, 1.807) is 24.3 Å². The number of nitrogens with one attached hydrogen (secondary N) is 2. The lowest BCUT2D eigenvalue weighted by molar-refractivity contribution is -0.113. The Morgan fingerprint density at radius 2 is 1.81 bits per heavy atom.